The lowest BCUT2D eigenvalue weighted by Gasteiger charge is -2.13. The number of anilines is 2. The van der Waals surface area contributed by atoms with Gasteiger partial charge in [0.2, 0.25) is 0 Å². The molecule has 1 aromatic carbocycles. The maximum Gasteiger partial charge on any atom is 0.319 e. The van der Waals surface area contributed by atoms with Crippen molar-refractivity contribution in [3.05, 3.63) is 35.6 Å². The van der Waals surface area contributed by atoms with E-state index in [1.807, 2.05) is 6.07 Å². The zero-order valence-electron chi connectivity index (χ0n) is 8.72. The average molecular weight is 222 g/mol. The molecule has 16 heavy (non-hydrogen) atoms. The number of aromatic nitrogens is 2. The molecule has 2 N–H and O–H groups in total. The van der Waals surface area contributed by atoms with Gasteiger partial charge in [0, 0.05) is 13.6 Å². The average Bonchev–Trinajstić information content (AvgIpc) is 2.65. The molecule has 0 fully saturated rings. The second-order valence-corrected chi connectivity index (χ2v) is 3.41. The van der Waals surface area contributed by atoms with Gasteiger partial charge in [-0.05, 0) is 17.7 Å². The van der Waals surface area contributed by atoms with Crippen molar-refractivity contribution in [2.24, 2.45) is 0 Å². The van der Waals surface area contributed by atoms with Gasteiger partial charge in [0.1, 0.15) is 5.82 Å². The number of nitrogens with two attached hydrogens (primary N) is 1. The van der Waals surface area contributed by atoms with Crippen molar-refractivity contribution in [2.45, 2.75) is 6.54 Å². The molecule has 84 valence electrons. The number of nitrogens with zero attached hydrogens (tertiary/aromatic N) is 3. The van der Waals surface area contributed by atoms with Gasteiger partial charge >= 0.3 is 12.0 Å². The van der Waals surface area contributed by atoms with Crippen molar-refractivity contribution < 1.29 is 8.81 Å². The van der Waals surface area contributed by atoms with E-state index in [1.54, 1.807) is 18.0 Å². The Bertz CT molecular complexity index is 485. The number of hydrogen-bond donors (Lipinski definition) is 1. The van der Waals surface area contributed by atoms with Crippen molar-refractivity contribution in [3.63, 3.8) is 0 Å². The summed E-state index contributed by atoms with van der Waals surface area (Å²) < 4.78 is 18.0. The number of benzene rings is 1. The Balaban J connectivity index is 2.10. The first-order chi connectivity index (χ1) is 7.65. The molecule has 0 atom stereocenters. The normalized spacial score (nSPS) is 10.4. The lowest BCUT2D eigenvalue weighted by molar-refractivity contribution is 0.558. The van der Waals surface area contributed by atoms with Gasteiger partial charge < -0.3 is 15.1 Å². The molecule has 0 aliphatic rings. The number of nitrogen functional groups attached to an aromatic ring is 1. The van der Waals surface area contributed by atoms with Gasteiger partial charge in [0.05, 0.1) is 0 Å². The summed E-state index contributed by atoms with van der Waals surface area (Å²) in [6.45, 7) is 0.472. The highest BCUT2D eigenvalue weighted by molar-refractivity contribution is 5.29. The van der Waals surface area contributed by atoms with Gasteiger partial charge in [-0.2, -0.15) is 0 Å². The van der Waals surface area contributed by atoms with E-state index in [2.05, 4.69) is 10.2 Å². The van der Waals surface area contributed by atoms with Crippen LogP contribution in [-0.4, -0.2) is 17.2 Å². The van der Waals surface area contributed by atoms with Crippen LogP contribution in [0.3, 0.4) is 0 Å². The number of rotatable bonds is 3. The molecular formula is C10H11FN4O. The highest BCUT2D eigenvalue weighted by atomic mass is 19.1. The van der Waals surface area contributed by atoms with Crippen LogP contribution in [0.15, 0.2) is 28.7 Å². The summed E-state index contributed by atoms with van der Waals surface area (Å²) in [5.74, 6) is -0.268. The van der Waals surface area contributed by atoms with Gasteiger partial charge in [-0.1, -0.05) is 22.3 Å². The van der Waals surface area contributed by atoms with Crippen LogP contribution in [0.4, 0.5) is 16.4 Å². The molecule has 1 heterocycles. The van der Waals surface area contributed by atoms with E-state index >= 15 is 0 Å². The minimum Gasteiger partial charge on any atom is -0.390 e. The van der Waals surface area contributed by atoms with Crippen LogP contribution in [0.2, 0.25) is 0 Å². The maximum atomic E-state index is 12.9. The van der Waals surface area contributed by atoms with Crippen molar-refractivity contribution in [3.8, 4) is 0 Å². The topological polar surface area (TPSA) is 68.2 Å². The number of hydrogen-bond acceptors (Lipinski definition) is 5. The van der Waals surface area contributed by atoms with Gasteiger partial charge in [-0.3, -0.25) is 0 Å². The lowest BCUT2D eigenvalue weighted by atomic mass is 10.2. The molecule has 0 aliphatic carbocycles. The molecule has 5 nitrogen and oxygen atoms in total. The summed E-state index contributed by atoms with van der Waals surface area (Å²) in [7, 11) is 1.76. The second-order valence-electron chi connectivity index (χ2n) is 3.41. The summed E-state index contributed by atoms with van der Waals surface area (Å²) in [5, 5.41) is 7.27. The fourth-order valence-corrected chi connectivity index (χ4v) is 1.36. The standard InChI is InChI=1S/C10H11FN4O/c1-15(10-14-13-9(12)16-10)6-7-3-2-4-8(11)5-7/h2-5H,6H2,1H3,(H2,12,13). The van der Waals surface area contributed by atoms with E-state index in [0.717, 1.165) is 5.56 Å². The molecule has 0 unspecified atom stereocenters. The fourth-order valence-electron chi connectivity index (χ4n) is 1.36. The molecule has 0 amide bonds. The molecule has 0 radical (unpaired) electrons. The molecule has 6 heteroatoms. The summed E-state index contributed by atoms with van der Waals surface area (Å²) >= 11 is 0. The quantitative estimate of drug-likeness (QED) is 0.850. The summed E-state index contributed by atoms with van der Waals surface area (Å²) in [6.07, 6.45) is 0. The minimum atomic E-state index is -0.268. The Hall–Kier alpha value is -2.11. The number of halogens is 1. The Morgan fingerprint density at radius 2 is 2.25 bits per heavy atom. The van der Waals surface area contributed by atoms with Gasteiger partial charge in [-0.25, -0.2) is 4.39 Å². The van der Waals surface area contributed by atoms with Crippen molar-refractivity contribution in [1.29, 1.82) is 0 Å². The van der Waals surface area contributed by atoms with Gasteiger partial charge in [0.25, 0.3) is 0 Å². The Kier molecular flexibility index (Phi) is 2.72. The van der Waals surface area contributed by atoms with E-state index in [1.165, 1.54) is 12.1 Å². The first-order valence-electron chi connectivity index (χ1n) is 4.70. The third-order valence-corrected chi connectivity index (χ3v) is 2.07. The van der Waals surface area contributed by atoms with E-state index in [0.29, 0.717) is 12.6 Å². The first-order valence-corrected chi connectivity index (χ1v) is 4.70. The van der Waals surface area contributed by atoms with Crippen LogP contribution in [0.25, 0.3) is 0 Å². The molecule has 2 aromatic rings. The highest BCUT2D eigenvalue weighted by Crippen LogP contribution is 2.14. The van der Waals surface area contributed by atoms with Crippen molar-refractivity contribution in [2.75, 3.05) is 17.7 Å². The summed E-state index contributed by atoms with van der Waals surface area (Å²) in [5.41, 5.74) is 6.13. The van der Waals surface area contributed by atoms with Crippen LogP contribution in [0.1, 0.15) is 5.56 Å². The Morgan fingerprint density at radius 3 is 2.88 bits per heavy atom. The summed E-state index contributed by atoms with van der Waals surface area (Å²) in [6, 6.07) is 6.65. The third kappa shape index (κ3) is 2.28. The predicted octanol–water partition coefficient (Wildman–Crippen LogP) is 1.43. The second kappa shape index (κ2) is 4.18. The van der Waals surface area contributed by atoms with Crippen LogP contribution < -0.4 is 10.6 Å². The predicted molar refractivity (Wildman–Crippen MR) is 57.2 cm³/mol. The van der Waals surface area contributed by atoms with Crippen LogP contribution in [-0.2, 0) is 6.54 Å². The molecular weight excluding hydrogens is 211 g/mol. The minimum absolute atomic E-state index is 0.0149. The highest BCUT2D eigenvalue weighted by Gasteiger charge is 2.09. The SMILES string of the molecule is CN(Cc1cccc(F)c1)c1nnc(N)o1. The van der Waals surface area contributed by atoms with E-state index in [9.17, 15) is 4.39 Å². The largest absolute Gasteiger partial charge is 0.390 e. The molecule has 2 rings (SSSR count). The smallest absolute Gasteiger partial charge is 0.319 e. The van der Waals surface area contributed by atoms with E-state index in [4.69, 9.17) is 10.2 Å². The Morgan fingerprint density at radius 1 is 1.44 bits per heavy atom. The molecule has 0 bridgehead atoms. The van der Waals surface area contributed by atoms with Gasteiger partial charge in [-0.15, -0.1) is 0 Å². The summed E-state index contributed by atoms with van der Waals surface area (Å²) in [4.78, 5) is 1.69. The fraction of sp³-hybridized carbons (Fsp3) is 0.200. The molecule has 1 aromatic heterocycles. The van der Waals surface area contributed by atoms with Crippen molar-refractivity contribution >= 4 is 12.0 Å². The molecule has 0 saturated heterocycles. The Labute approximate surface area is 91.7 Å². The lowest BCUT2D eigenvalue weighted by Crippen LogP contribution is -2.16. The van der Waals surface area contributed by atoms with Crippen LogP contribution in [0.5, 0.6) is 0 Å². The molecule has 0 aliphatic heterocycles. The van der Waals surface area contributed by atoms with E-state index < -0.39 is 0 Å². The zero-order chi connectivity index (χ0) is 11.5. The monoisotopic (exact) mass is 222 g/mol. The van der Waals surface area contributed by atoms with E-state index in [-0.39, 0.29) is 11.8 Å². The molecule has 0 saturated carbocycles. The zero-order valence-corrected chi connectivity index (χ0v) is 8.72. The van der Waals surface area contributed by atoms with Crippen LogP contribution in [0, 0.1) is 5.82 Å². The third-order valence-electron chi connectivity index (χ3n) is 2.07. The molecule has 0 spiro atoms. The van der Waals surface area contributed by atoms with Gasteiger partial charge in [0.15, 0.2) is 0 Å². The van der Waals surface area contributed by atoms with Crippen LogP contribution >= 0.6 is 0 Å². The maximum absolute atomic E-state index is 12.9. The van der Waals surface area contributed by atoms with Crippen molar-refractivity contribution in [1.82, 2.24) is 10.2 Å². The first kappa shape index (κ1) is 10.4.